The number of rotatable bonds is 3. The molecule has 0 aliphatic heterocycles. The largest absolute Gasteiger partial charge is 0.396 e. The summed E-state index contributed by atoms with van der Waals surface area (Å²) in [6, 6.07) is 5.24. The van der Waals surface area contributed by atoms with Gasteiger partial charge in [-0.05, 0) is 18.2 Å². The number of aliphatic hydroxyl groups excluding tert-OH is 1. The van der Waals surface area contributed by atoms with Gasteiger partial charge in [-0.3, -0.25) is 4.79 Å². The Labute approximate surface area is 90.4 Å². The molecular formula is C10H10N2O2S. The van der Waals surface area contributed by atoms with Crippen LogP contribution >= 0.6 is 11.3 Å². The van der Waals surface area contributed by atoms with Crippen molar-refractivity contribution in [3.8, 4) is 0 Å². The fourth-order valence-electron chi connectivity index (χ4n) is 1.36. The summed E-state index contributed by atoms with van der Waals surface area (Å²) < 4.78 is 0.899. The smallest absolute Gasteiger partial charge is 0.181 e. The van der Waals surface area contributed by atoms with E-state index in [1.807, 2.05) is 0 Å². The quantitative estimate of drug-likeness (QED) is 0.770. The first-order valence-electron chi connectivity index (χ1n) is 4.51. The van der Waals surface area contributed by atoms with Gasteiger partial charge < -0.3 is 10.8 Å². The molecule has 2 aromatic rings. The number of hydrogen-bond donors (Lipinski definition) is 2. The number of carbonyl (C=O) groups excluding carboxylic acids is 1. The number of anilines is 1. The number of benzene rings is 1. The molecule has 0 saturated heterocycles. The second kappa shape index (κ2) is 3.96. The summed E-state index contributed by atoms with van der Waals surface area (Å²) in [6.45, 7) is -0.123. The Hall–Kier alpha value is -1.46. The van der Waals surface area contributed by atoms with Crippen molar-refractivity contribution in [3.05, 3.63) is 23.8 Å². The van der Waals surface area contributed by atoms with Crippen LogP contribution < -0.4 is 5.73 Å². The second-order valence-electron chi connectivity index (χ2n) is 3.13. The summed E-state index contributed by atoms with van der Waals surface area (Å²) in [6.07, 6.45) is 0.153. The van der Waals surface area contributed by atoms with Crippen LogP contribution in [0, 0.1) is 0 Å². The van der Waals surface area contributed by atoms with Gasteiger partial charge in [0.25, 0.3) is 0 Å². The number of hydrogen-bond acceptors (Lipinski definition) is 5. The average Bonchev–Trinajstić information content (AvgIpc) is 2.57. The Morgan fingerprint density at radius 3 is 3.07 bits per heavy atom. The fourth-order valence-corrected chi connectivity index (χ4v) is 2.14. The normalized spacial score (nSPS) is 10.7. The van der Waals surface area contributed by atoms with E-state index in [4.69, 9.17) is 10.8 Å². The van der Waals surface area contributed by atoms with Gasteiger partial charge in [0, 0.05) is 12.0 Å². The summed E-state index contributed by atoms with van der Waals surface area (Å²) in [5, 5.41) is 9.16. The highest BCUT2D eigenvalue weighted by molar-refractivity contribution is 7.22. The molecule has 2 rings (SSSR count). The Morgan fingerprint density at radius 2 is 2.33 bits per heavy atom. The molecule has 4 nitrogen and oxygen atoms in total. The predicted octanol–water partition coefficient (Wildman–Crippen LogP) is 1.44. The van der Waals surface area contributed by atoms with Gasteiger partial charge in [-0.2, -0.15) is 0 Å². The van der Waals surface area contributed by atoms with Crippen LogP contribution in [0.5, 0.6) is 0 Å². The Balaban J connectivity index is 2.41. The first kappa shape index (κ1) is 10.1. The molecule has 0 bridgehead atoms. The van der Waals surface area contributed by atoms with Crippen molar-refractivity contribution in [2.45, 2.75) is 6.42 Å². The van der Waals surface area contributed by atoms with Crippen LogP contribution in [0.3, 0.4) is 0 Å². The molecule has 0 aliphatic carbocycles. The van der Waals surface area contributed by atoms with E-state index in [-0.39, 0.29) is 18.8 Å². The molecule has 0 amide bonds. The molecule has 1 aromatic carbocycles. The number of nitrogen functional groups attached to an aromatic ring is 1. The zero-order valence-corrected chi connectivity index (χ0v) is 8.75. The first-order valence-corrected chi connectivity index (χ1v) is 5.32. The van der Waals surface area contributed by atoms with Crippen LogP contribution in [0.2, 0.25) is 0 Å². The number of aromatic nitrogens is 1. The number of nitrogens with zero attached hydrogens (tertiary/aromatic N) is 1. The van der Waals surface area contributed by atoms with Crippen molar-refractivity contribution < 1.29 is 9.90 Å². The number of thiazole rings is 1. The lowest BCUT2D eigenvalue weighted by atomic mass is 10.1. The maximum Gasteiger partial charge on any atom is 0.181 e. The predicted molar refractivity (Wildman–Crippen MR) is 60.1 cm³/mol. The lowest BCUT2D eigenvalue weighted by molar-refractivity contribution is 0.0957. The summed E-state index contributed by atoms with van der Waals surface area (Å²) in [5.74, 6) is -0.0635. The van der Waals surface area contributed by atoms with Crippen LogP contribution in [0.15, 0.2) is 18.2 Å². The van der Waals surface area contributed by atoms with Gasteiger partial charge in [-0.1, -0.05) is 11.3 Å². The van der Waals surface area contributed by atoms with E-state index in [2.05, 4.69) is 4.98 Å². The van der Waals surface area contributed by atoms with E-state index >= 15 is 0 Å². The van der Waals surface area contributed by atoms with Gasteiger partial charge in [0.05, 0.1) is 16.8 Å². The lowest BCUT2D eigenvalue weighted by Gasteiger charge is -1.97. The van der Waals surface area contributed by atoms with E-state index in [0.29, 0.717) is 10.7 Å². The Bertz CT molecular complexity index is 507. The van der Waals surface area contributed by atoms with Gasteiger partial charge in [0.1, 0.15) is 0 Å². The van der Waals surface area contributed by atoms with Gasteiger partial charge in [0.2, 0.25) is 0 Å². The second-order valence-corrected chi connectivity index (χ2v) is 4.19. The molecule has 0 unspecified atom stereocenters. The number of Topliss-reactive ketones (excluding diaryl/α,β-unsaturated/α-hetero) is 1. The summed E-state index contributed by atoms with van der Waals surface area (Å²) in [5.41, 5.74) is 6.96. The third-order valence-corrected chi connectivity index (χ3v) is 2.91. The van der Waals surface area contributed by atoms with Crippen molar-refractivity contribution in [3.63, 3.8) is 0 Å². The van der Waals surface area contributed by atoms with Crippen molar-refractivity contribution in [1.29, 1.82) is 0 Å². The number of nitrogens with two attached hydrogens (primary N) is 1. The average molecular weight is 222 g/mol. The van der Waals surface area contributed by atoms with E-state index < -0.39 is 0 Å². The monoisotopic (exact) mass is 222 g/mol. The molecule has 3 N–H and O–H groups in total. The zero-order chi connectivity index (χ0) is 10.8. The maximum absolute atomic E-state index is 11.5. The van der Waals surface area contributed by atoms with E-state index in [9.17, 15) is 4.79 Å². The minimum atomic E-state index is -0.123. The highest BCUT2D eigenvalue weighted by Gasteiger charge is 2.07. The maximum atomic E-state index is 11.5. The molecule has 0 saturated carbocycles. The minimum Gasteiger partial charge on any atom is -0.396 e. The topological polar surface area (TPSA) is 76.2 Å². The zero-order valence-electron chi connectivity index (χ0n) is 7.93. The number of aliphatic hydroxyl groups is 1. The van der Waals surface area contributed by atoms with Crippen molar-refractivity contribution in [1.82, 2.24) is 4.98 Å². The summed E-state index contributed by atoms with van der Waals surface area (Å²) in [4.78, 5) is 15.6. The number of ketones is 1. The Kier molecular flexibility index (Phi) is 2.66. The van der Waals surface area contributed by atoms with Gasteiger partial charge in [-0.15, -0.1) is 0 Å². The van der Waals surface area contributed by atoms with E-state index in [1.165, 1.54) is 11.3 Å². The third kappa shape index (κ3) is 1.98. The molecular weight excluding hydrogens is 212 g/mol. The van der Waals surface area contributed by atoms with E-state index in [1.54, 1.807) is 18.2 Å². The van der Waals surface area contributed by atoms with Crippen LogP contribution in [0.1, 0.15) is 16.8 Å². The van der Waals surface area contributed by atoms with Crippen LogP contribution in [0.4, 0.5) is 5.13 Å². The third-order valence-electron chi connectivity index (χ3n) is 2.07. The summed E-state index contributed by atoms with van der Waals surface area (Å²) in [7, 11) is 0. The van der Waals surface area contributed by atoms with Gasteiger partial charge in [0.15, 0.2) is 10.9 Å². The first-order chi connectivity index (χ1) is 7.20. The molecule has 1 heterocycles. The minimum absolute atomic E-state index is 0.0635. The molecule has 0 fully saturated rings. The summed E-state index contributed by atoms with van der Waals surface area (Å²) >= 11 is 1.35. The highest BCUT2D eigenvalue weighted by atomic mass is 32.1. The van der Waals surface area contributed by atoms with Gasteiger partial charge >= 0.3 is 0 Å². The van der Waals surface area contributed by atoms with Crippen LogP contribution in [-0.2, 0) is 0 Å². The molecule has 78 valence electrons. The van der Waals surface area contributed by atoms with Crippen molar-refractivity contribution in [2.24, 2.45) is 0 Å². The highest BCUT2D eigenvalue weighted by Crippen LogP contribution is 2.24. The lowest BCUT2D eigenvalue weighted by Crippen LogP contribution is -2.00. The van der Waals surface area contributed by atoms with Crippen LogP contribution in [-0.4, -0.2) is 22.5 Å². The van der Waals surface area contributed by atoms with Gasteiger partial charge in [-0.25, -0.2) is 4.98 Å². The Morgan fingerprint density at radius 1 is 1.53 bits per heavy atom. The van der Waals surface area contributed by atoms with E-state index in [0.717, 1.165) is 10.2 Å². The molecule has 15 heavy (non-hydrogen) atoms. The standard InChI is InChI=1S/C10H10N2O2S/c11-10-12-7-2-1-6(5-9(7)15-10)8(14)3-4-13/h1-2,5,13H,3-4H2,(H2,11,12). The molecule has 0 radical (unpaired) electrons. The fraction of sp³-hybridized carbons (Fsp3) is 0.200. The molecule has 0 aliphatic rings. The molecule has 5 heteroatoms. The molecule has 1 aromatic heterocycles. The molecule has 0 atom stereocenters. The molecule has 0 spiro atoms. The number of carbonyl (C=O) groups is 1. The SMILES string of the molecule is Nc1nc2ccc(C(=O)CCO)cc2s1. The van der Waals surface area contributed by atoms with Crippen molar-refractivity contribution in [2.75, 3.05) is 12.3 Å². The van der Waals surface area contributed by atoms with Crippen LogP contribution in [0.25, 0.3) is 10.2 Å². The van der Waals surface area contributed by atoms with Crippen molar-refractivity contribution >= 4 is 32.5 Å². The number of fused-ring (bicyclic) bond motifs is 1.